The predicted molar refractivity (Wildman–Crippen MR) is 121 cm³/mol. The molecule has 1 fully saturated rings. The SMILES string of the molecule is NCCCOC1CCN(c2cc(Br)ccc2C2=NN=C(c3ccnc(F)c3)C2)CC1. The van der Waals surface area contributed by atoms with Crippen molar-refractivity contribution < 1.29 is 9.13 Å². The zero-order valence-corrected chi connectivity index (χ0v) is 18.3. The molecule has 0 unspecified atom stereocenters. The molecule has 0 amide bonds. The summed E-state index contributed by atoms with van der Waals surface area (Å²) in [5, 5.41) is 8.74. The minimum absolute atomic E-state index is 0.295. The molecule has 2 aromatic rings. The molecule has 0 atom stereocenters. The number of nitrogens with zero attached hydrogens (tertiary/aromatic N) is 4. The molecule has 1 aromatic carbocycles. The molecule has 1 aromatic heterocycles. The van der Waals surface area contributed by atoms with Gasteiger partial charge in [0.15, 0.2) is 0 Å². The number of hydrogen-bond acceptors (Lipinski definition) is 6. The molecule has 3 heterocycles. The smallest absolute Gasteiger partial charge is 0.213 e. The molecule has 2 aliphatic heterocycles. The van der Waals surface area contributed by atoms with Gasteiger partial charge in [-0.25, -0.2) is 4.98 Å². The minimum Gasteiger partial charge on any atom is -0.378 e. The quantitative estimate of drug-likeness (QED) is 0.488. The molecule has 6 nitrogen and oxygen atoms in total. The zero-order valence-electron chi connectivity index (χ0n) is 16.7. The summed E-state index contributed by atoms with van der Waals surface area (Å²) in [7, 11) is 0. The van der Waals surface area contributed by atoms with Crippen LogP contribution < -0.4 is 10.6 Å². The molecule has 158 valence electrons. The van der Waals surface area contributed by atoms with Gasteiger partial charge in [0.25, 0.3) is 0 Å². The maximum Gasteiger partial charge on any atom is 0.213 e. The zero-order chi connectivity index (χ0) is 20.9. The van der Waals surface area contributed by atoms with Gasteiger partial charge in [0, 0.05) is 59.7 Å². The largest absolute Gasteiger partial charge is 0.378 e. The molecule has 0 saturated carbocycles. The van der Waals surface area contributed by atoms with Crippen LogP contribution in [0.2, 0.25) is 0 Å². The summed E-state index contributed by atoms with van der Waals surface area (Å²) in [6, 6.07) is 9.40. The number of halogens is 2. The summed E-state index contributed by atoms with van der Waals surface area (Å²) in [5.74, 6) is -0.510. The summed E-state index contributed by atoms with van der Waals surface area (Å²) in [6.45, 7) is 3.25. The van der Waals surface area contributed by atoms with Crippen molar-refractivity contribution in [2.45, 2.75) is 31.8 Å². The Hall–Kier alpha value is -2.16. The van der Waals surface area contributed by atoms with Crippen molar-refractivity contribution in [2.75, 3.05) is 31.1 Å². The predicted octanol–water partition coefficient (Wildman–Crippen LogP) is 3.91. The standard InChI is InChI=1S/C22H25BrFN5O/c23-16-2-3-18(20-14-19(27-28-20)15-4-8-26-22(24)12-15)21(13-16)29-9-5-17(6-10-29)30-11-1-7-25/h2-4,8,12-13,17H,1,5-7,9-11,14,25H2. The van der Waals surface area contributed by atoms with E-state index in [-0.39, 0.29) is 0 Å². The Kier molecular flexibility index (Phi) is 6.86. The number of aromatic nitrogens is 1. The Morgan fingerprint density at radius 2 is 1.93 bits per heavy atom. The van der Waals surface area contributed by atoms with E-state index in [4.69, 9.17) is 10.5 Å². The number of piperidine rings is 1. The first-order valence-corrected chi connectivity index (χ1v) is 11.0. The van der Waals surface area contributed by atoms with Gasteiger partial charge >= 0.3 is 0 Å². The Morgan fingerprint density at radius 3 is 2.70 bits per heavy atom. The second kappa shape index (κ2) is 9.76. The van der Waals surface area contributed by atoms with E-state index in [0.717, 1.165) is 71.7 Å². The third-order valence-electron chi connectivity index (χ3n) is 5.44. The van der Waals surface area contributed by atoms with Crippen molar-refractivity contribution in [1.82, 2.24) is 4.98 Å². The van der Waals surface area contributed by atoms with Crippen molar-refractivity contribution in [2.24, 2.45) is 15.9 Å². The van der Waals surface area contributed by atoms with E-state index < -0.39 is 5.95 Å². The molecule has 2 aliphatic rings. The second-order valence-electron chi connectivity index (χ2n) is 7.50. The summed E-state index contributed by atoms with van der Waals surface area (Å²) < 4.78 is 20.5. The van der Waals surface area contributed by atoms with Crippen LogP contribution in [0.3, 0.4) is 0 Å². The number of pyridine rings is 1. The Balaban J connectivity index is 1.46. The highest BCUT2D eigenvalue weighted by atomic mass is 79.9. The fourth-order valence-corrected chi connectivity index (χ4v) is 4.20. The van der Waals surface area contributed by atoms with E-state index >= 15 is 0 Å². The maximum atomic E-state index is 13.5. The lowest BCUT2D eigenvalue weighted by atomic mass is 9.98. The molecule has 0 bridgehead atoms. The Labute approximate surface area is 184 Å². The lowest BCUT2D eigenvalue weighted by Crippen LogP contribution is -2.38. The minimum atomic E-state index is -0.510. The molecule has 1 saturated heterocycles. The molecule has 0 radical (unpaired) electrons. The average molecular weight is 474 g/mol. The van der Waals surface area contributed by atoms with Crippen molar-refractivity contribution in [3.8, 4) is 0 Å². The van der Waals surface area contributed by atoms with Crippen LogP contribution >= 0.6 is 15.9 Å². The Morgan fingerprint density at radius 1 is 1.13 bits per heavy atom. The molecular weight excluding hydrogens is 449 g/mol. The van der Waals surface area contributed by atoms with E-state index in [0.29, 0.717) is 19.1 Å². The van der Waals surface area contributed by atoms with E-state index in [1.54, 1.807) is 6.07 Å². The molecule has 4 rings (SSSR count). The van der Waals surface area contributed by atoms with Gasteiger partial charge in [-0.1, -0.05) is 15.9 Å². The number of anilines is 1. The second-order valence-corrected chi connectivity index (χ2v) is 8.41. The first kappa shape index (κ1) is 21.1. The van der Waals surface area contributed by atoms with Crippen LogP contribution in [0.1, 0.15) is 36.8 Å². The lowest BCUT2D eigenvalue weighted by Gasteiger charge is -2.34. The third-order valence-corrected chi connectivity index (χ3v) is 5.93. The van der Waals surface area contributed by atoms with Gasteiger partial charge in [-0.3, -0.25) is 0 Å². The van der Waals surface area contributed by atoms with Gasteiger partial charge in [-0.15, -0.1) is 0 Å². The van der Waals surface area contributed by atoms with Gasteiger partial charge in [-0.05, 0) is 50.1 Å². The fraction of sp³-hybridized carbons (Fsp3) is 0.409. The van der Waals surface area contributed by atoms with E-state index in [1.807, 2.05) is 6.07 Å². The van der Waals surface area contributed by atoms with Crippen LogP contribution in [0.4, 0.5) is 10.1 Å². The van der Waals surface area contributed by atoms with Crippen LogP contribution in [0.5, 0.6) is 0 Å². The van der Waals surface area contributed by atoms with Crippen LogP contribution in [0.15, 0.2) is 51.2 Å². The number of rotatable bonds is 7. The highest BCUT2D eigenvalue weighted by Gasteiger charge is 2.25. The van der Waals surface area contributed by atoms with Crippen molar-refractivity contribution in [3.63, 3.8) is 0 Å². The van der Waals surface area contributed by atoms with Crippen LogP contribution in [0, 0.1) is 5.95 Å². The highest BCUT2D eigenvalue weighted by Crippen LogP contribution is 2.31. The van der Waals surface area contributed by atoms with Gasteiger partial charge in [0.05, 0.1) is 17.5 Å². The van der Waals surface area contributed by atoms with Crippen molar-refractivity contribution in [3.05, 3.63) is 58.1 Å². The summed E-state index contributed by atoms with van der Waals surface area (Å²) in [6.07, 6.45) is 5.19. The number of benzene rings is 1. The topological polar surface area (TPSA) is 76.1 Å². The summed E-state index contributed by atoms with van der Waals surface area (Å²) in [4.78, 5) is 6.00. The lowest BCUT2D eigenvalue weighted by molar-refractivity contribution is 0.0366. The molecule has 30 heavy (non-hydrogen) atoms. The highest BCUT2D eigenvalue weighted by molar-refractivity contribution is 9.10. The third kappa shape index (κ3) is 4.94. The first-order valence-electron chi connectivity index (χ1n) is 10.3. The first-order chi connectivity index (χ1) is 14.6. The van der Waals surface area contributed by atoms with Crippen LogP contribution in [-0.2, 0) is 4.74 Å². The molecular formula is C22H25BrFN5O. The van der Waals surface area contributed by atoms with Gasteiger partial charge < -0.3 is 15.4 Å². The Bertz CT molecular complexity index is 956. The monoisotopic (exact) mass is 473 g/mol. The molecule has 0 aliphatic carbocycles. The van der Waals surface area contributed by atoms with Crippen LogP contribution in [0.25, 0.3) is 0 Å². The van der Waals surface area contributed by atoms with Gasteiger partial charge in [0.2, 0.25) is 5.95 Å². The fourth-order valence-electron chi connectivity index (χ4n) is 3.85. The maximum absolute atomic E-state index is 13.5. The summed E-state index contributed by atoms with van der Waals surface area (Å²) in [5.41, 5.74) is 10.1. The van der Waals surface area contributed by atoms with Gasteiger partial charge in [-0.2, -0.15) is 14.6 Å². The van der Waals surface area contributed by atoms with E-state index in [1.165, 1.54) is 12.3 Å². The molecule has 8 heteroatoms. The van der Waals surface area contributed by atoms with E-state index in [9.17, 15) is 4.39 Å². The normalized spacial score (nSPS) is 17.2. The number of nitrogens with two attached hydrogens (primary N) is 1. The summed E-state index contributed by atoms with van der Waals surface area (Å²) >= 11 is 3.60. The van der Waals surface area contributed by atoms with Gasteiger partial charge in [0.1, 0.15) is 0 Å². The molecule has 2 N–H and O–H groups in total. The van der Waals surface area contributed by atoms with E-state index in [2.05, 4.69) is 48.1 Å². The molecule has 0 spiro atoms. The van der Waals surface area contributed by atoms with Crippen molar-refractivity contribution >= 4 is 33.0 Å². The van der Waals surface area contributed by atoms with Crippen molar-refractivity contribution in [1.29, 1.82) is 0 Å². The van der Waals surface area contributed by atoms with Crippen LogP contribution in [-0.4, -0.2) is 48.8 Å². The average Bonchev–Trinajstić information content (AvgIpc) is 3.24. The number of hydrogen-bond donors (Lipinski definition) is 1. The number of ether oxygens (including phenoxy) is 1.